The number of halogens is 1. The zero-order valence-electron chi connectivity index (χ0n) is 10.1. The highest BCUT2D eigenvalue weighted by Gasteiger charge is 1.97. The molecule has 90 valence electrons. The van der Waals surface area contributed by atoms with Crippen LogP contribution in [0.25, 0.3) is 0 Å². The van der Waals surface area contributed by atoms with Crippen molar-refractivity contribution in [3.05, 3.63) is 29.6 Å². The molecule has 1 N–H and O–H groups in total. The molecule has 0 atom stereocenters. The lowest BCUT2D eigenvalue weighted by Crippen LogP contribution is -2.10. The summed E-state index contributed by atoms with van der Waals surface area (Å²) >= 11 is 0. The fraction of sp³-hybridized carbons (Fsp3) is 0.538. The molecule has 0 fully saturated rings. The predicted molar refractivity (Wildman–Crippen MR) is 65.4 cm³/mol. The largest absolute Gasteiger partial charge is 0.383 e. The van der Waals surface area contributed by atoms with Crippen LogP contribution in [0, 0.1) is 12.7 Å². The van der Waals surface area contributed by atoms with Crippen LogP contribution in [0.3, 0.4) is 0 Å². The third-order valence-corrected chi connectivity index (χ3v) is 2.38. The Kier molecular flexibility index (Phi) is 5.86. The average Bonchev–Trinajstić information content (AvgIpc) is 2.28. The molecule has 3 heteroatoms. The molecule has 2 nitrogen and oxygen atoms in total. The number of rotatable bonds is 7. The van der Waals surface area contributed by atoms with Gasteiger partial charge >= 0.3 is 0 Å². The Labute approximate surface area is 96.8 Å². The Morgan fingerprint density at radius 1 is 1.31 bits per heavy atom. The molecule has 0 unspecified atom stereocenters. The zero-order valence-corrected chi connectivity index (χ0v) is 10.1. The number of anilines is 1. The minimum Gasteiger partial charge on any atom is -0.383 e. The second-order valence-corrected chi connectivity index (χ2v) is 3.86. The van der Waals surface area contributed by atoms with Crippen molar-refractivity contribution >= 4 is 5.69 Å². The third-order valence-electron chi connectivity index (χ3n) is 2.38. The smallest absolute Gasteiger partial charge is 0.126 e. The second-order valence-electron chi connectivity index (χ2n) is 3.86. The molecule has 0 saturated heterocycles. The third kappa shape index (κ3) is 4.62. The van der Waals surface area contributed by atoms with E-state index in [0.717, 1.165) is 31.7 Å². The fourth-order valence-corrected chi connectivity index (χ4v) is 1.37. The van der Waals surface area contributed by atoms with Gasteiger partial charge in [-0.05, 0) is 37.1 Å². The van der Waals surface area contributed by atoms with E-state index in [-0.39, 0.29) is 5.82 Å². The Hall–Kier alpha value is -1.09. The maximum atomic E-state index is 13.0. The monoisotopic (exact) mass is 225 g/mol. The Morgan fingerprint density at radius 3 is 2.81 bits per heavy atom. The maximum absolute atomic E-state index is 13.0. The van der Waals surface area contributed by atoms with E-state index in [9.17, 15) is 4.39 Å². The molecule has 0 spiro atoms. The molecular weight excluding hydrogens is 205 g/mol. The normalized spacial score (nSPS) is 10.4. The van der Waals surface area contributed by atoms with E-state index in [1.807, 2.05) is 0 Å². The van der Waals surface area contributed by atoms with Crippen LogP contribution < -0.4 is 5.32 Å². The van der Waals surface area contributed by atoms with Crippen LogP contribution in [0.4, 0.5) is 10.1 Å². The first-order chi connectivity index (χ1) is 7.74. The topological polar surface area (TPSA) is 21.3 Å². The summed E-state index contributed by atoms with van der Waals surface area (Å²) in [5.41, 5.74) is 1.61. The quantitative estimate of drug-likeness (QED) is 0.718. The Morgan fingerprint density at radius 2 is 2.12 bits per heavy atom. The summed E-state index contributed by atoms with van der Waals surface area (Å²) in [5.74, 6) is -0.162. The van der Waals surface area contributed by atoms with E-state index in [1.54, 1.807) is 19.1 Å². The molecule has 0 amide bonds. The summed E-state index contributed by atoms with van der Waals surface area (Å²) in [6.45, 7) is 6.17. The SMILES string of the molecule is CCCCOCCNc1ccc(F)c(C)c1. The van der Waals surface area contributed by atoms with Gasteiger partial charge in [0.25, 0.3) is 0 Å². The molecular formula is C13H20FNO. The minimum absolute atomic E-state index is 0.162. The summed E-state index contributed by atoms with van der Waals surface area (Å²) in [6, 6.07) is 5.03. The molecule has 1 rings (SSSR count). The Balaban J connectivity index is 2.19. The predicted octanol–water partition coefficient (Wildman–Crippen LogP) is 3.36. The first kappa shape index (κ1) is 13.0. The molecule has 0 radical (unpaired) electrons. The lowest BCUT2D eigenvalue weighted by molar-refractivity contribution is 0.141. The number of hydrogen-bond acceptors (Lipinski definition) is 2. The van der Waals surface area contributed by atoms with Gasteiger partial charge in [-0.25, -0.2) is 4.39 Å². The molecule has 16 heavy (non-hydrogen) atoms. The van der Waals surface area contributed by atoms with Gasteiger partial charge in [-0.1, -0.05) is 13.3 Å². The number of ether oxygens (including phenoxy) is 1. The van der Waals surface area contributed by atoms with Crippen molar-refractivity contribution in [3.63, 3.8) is 0 Å². The minimum atomic E-state index is -0.162. The number of hydrogen-bond donors (Lipinski definition) is 1. The highest BCUT2D eigenvalue weighted by atomic mass is 19.1. The van der Waals surface area contributed by atoms with E-state index in [2.05, 4.69) is 12.2 Å². The van der Waals surface area contributed by atoms with Crippen molar-refractivity contribution < 1.29 is 9.13 Å². The van der Waals surface area contributed by atoms with Gasteiger partial charge in [0.05, 0.1) is 6.61 Å². The average molecular weight is 225 g/mol. The van der Waals surface area contributed by atoms with Gasteiger partial charge in [-0.2, -0.15) is 0 Å². The molecule has 0 bridgehead atoms. The van der Waals surface area contributed by atoms with E-state index < -0.39 is 0 Å². The highest BCUT2D eigenvalue weighted by Crippen LogP contribution is 2.13. The van der Waals surface area contributed by atoms with E-state index in [1.165, 1.54) is 6.07 Å². The summed E-state index contributed by atoms with van der Waals surface area (Å²) in [6.07, 6.45) is 2.26. The van der Waals surface area contributed by atoms with Gasteiger partial charge in [-0.3, -0.25) is 0 Å². The maximum Gasteiger partial charge on any atom is 0.126 e. The van der Waals surface area contributed by atoms with Gasteiger partial charge in [0.2, 0.25) is 0 Å². The highest BCUT2D eigenvalue weighted by molar-refractivity contribution is 5.45. The summed E-state index contributed by atoms with van der Waals surface area (Å²) in [5, 5.41) is 3.20. The van der Waals surface area contributed by atoms with E-state index >= 15 is 0 Å². The van der Waals surface area contributed by atoms with Crippen molar-refractivity contribution in [2.45, 2.75) is 26.7 Å². The number of benzene rings is 1. The second kappa shape index (κ2) is 7.23. The van der Waals surface area contributed by atoms with Crippen LogP contribution in [-0.4, -0.2) is 19.8 Å². The molecule has 1 aromatic rings. The van der Waals surface area contributed by atoms with Crippen LogP contribution in [0.5, 0.6) is 0 Å². The Bertz CT molecular complexity index is 315. The van der Waals surface area contributed by atoms with Crippen molar-refractivity contribution in [1.29, 1.82) is 0 Å². The van der Waals surface area contributed by atoms with Gasteiger partial charge in [0.15, 0.2) is 0 Å². The summed E-state index contributed by atoms with van der Waals surface area (Å²) in [4.78, 5) is 0. The molecule has 0 aliphatic rings. The van der Waals surface area contributed by atoms with Gasteiger partial charge in [0.1, 0.15) is 5.82 Å². The number of unbranched alkanes of at least 4 members (excludes halogenated alkanes) is 1. The molecule has 0 heterocycles. The summed E-state index contributed by atoms with van der Waals surface area (Å²) < 4.78 is 18.4. The van der Waals surface area contributed by atoms with Gasteiger partial charge in [-0.15, -0.1) is 0 Å². The number of aryl methyl sites for hydroxylation is 1. The first-order valence-electron chi connectivity index (χ1n) is 5.82. The van der Waals surface area contributed by atoms with Crippen LogP contribution in [-0.2, 0) is 4.74 Å². The van der Waals surface area contributed by atoms with Crippen molar-refractivity contribution in [2.75, 3.05) is 25.1 Å². The van der Waals surface area contributed by atoms with Gasteiger partial charge in [0, 0.05) is 18.8 Å². The fourth-order valence-electron chi connectivity index (χ4n) is 1.37. The molecule has 0 aliphatic heterocycles. The van der Waals surface area contributed by atoms with E-state index in [4.69, 9.17) is 4.74 Å². The van der Waals surface area contributed by atoms with Gasteiger partial charge < -0.3 is 10.1 Å². The van der Waals surface area contributed by atoms with Crippen molar-refractivity contribution in [2.24, 2.45) is 0 Å². The van der Waals surface area contributed by atoms with Crippen LogP contribution in [0.1, 0.15) is 25.3 Å². The first-order valence-corrected chi connectivity index (χ1v) is 5.82. The molecule has 0 aliphatic carbocycles. The van der Waals surface area contributed by atoms with Crippen LogP contribution in [0.2, 0.25) is 0 Å². The number of nitrogens with one attached hydrogen (secondary N) is 1. The van der Waals surface area contributed by atoms with Crippen molar-refractivity contribution in [3.8, 4) is 0 Å². The lowest BCUT2D eigenvalue weighted by atomic mass is 10.2. The van der Waals surface area contributed by atoms with Crippen LogP contribution >= 0.6 is 0 Å². The van der Waals surface area contributed by atoms with Crippen LogP contribution in [0.15, 0.2) is 18.2 Å². The summed E-state index contributed by atoms with van der Waals surface area (Å²) in [7, 11) is 0. The standard InChI is InChI=1S/C13H20FNO/c1-3-4-8-16-9-7-15-12-5-6-13(14)11(2)10-12/h5-6,10,15H,3-4,7-9H2,1-2H3. The zero-order chi connectivity index (χ0) is 11.8. The molecule has 1 aromatic carbocycles. The molecule has 0 saturated carbocycles. The van der Waals surface area contributed by atoms with Crippen molar-refractivity contribution in [1.82, 2.24) is 0 Å². The van der Waals surface area contributed by atoms with E-state index in [0.29, 0.717) is 12.2 Å². The molecule has 0 aromatic heterocycles. The lowest BCUT2D eigenvalue weighted by Gasteiger charge is -2.08.